The van der Waals surface area contributed by atoms with Crippen LogP contribution in [-0.4, -0.2) is 60.3 Å². The monoisotopic (exact) mass is 437 g/mol. The van der Waals surface area contributed by atoms with Crippen LogP contribution < -0.4 is 5.32 Å². The molecule has 0 bridgehead atoms. The number of β-amino-alcohol motifs (C(OH)–C–C–N with tert-alkyl or cyclic N) is 1. The molecule has 1 aliphatic heterocycles. The number of piperazine rings is 1. The summed E-state index contributed by atoms with van der Waals surface area (Å²) in [6.07, 6.45) is -0.466. The number of benzene rings is 3. The van der Waals surface area contributed by atoms with Gasteiger partial charge in [-0.15, -0.1) is 0 Å². The zero-order valence-corrected chi connectivity index (χ0v) is 18.0. The summed E-state index contributed by atoms with van der Waals surface area (Å²) in [4.78, 5) is 4.60. The highest BCUT2D eigenvalue weighted by Crippen LogP contribution is 2.30. The molecule has 3 aromatic rings. The predicted octanol–water partition coefficient (Wildman–Crippen LogP) is 4.14. The van der Waals surface area contributed by atoms with Gasteiger partial charge in [-0.05, 0) is 47.5 Å². The van der Waals surface area contributed by atoms with Gasteiger partial charge in [-0.25, -0.2) is 8.78 Å². The van der Waals surface area contributed by atoms with E-state index in [2.05, 4.69) is 15.1 Å². The smallest absolute Gasteiger partial charge is 0.123 e. The Morgan fingerprint density at radius 1 is 0.750 bits per heavy atom. The van der Waals surface area contributed by atoms with Crippen molar-refractivity contribution >= 4 is 5.69 Å². The lowest BCUT2D eigenvalue weighted by molar-refractivity contribution is 0.0672. The van der Waals surface area contributed by atoms with Crippen molar-refractivity contribution < 1.29 is 13.9 Å². The molecule has 1 heterocycles. The molecule has 0 aromatic heterocycles. The topological polar surface area (TPSA) is 38.7 Å². The molecule has 1 atom stereocenters. The second-order valence-corrected chi connectivity index (χ2v) is 8.24. The van der Waals surface area contributed by atoms with E-state index in [4.69, 9.17) is 0 Å². The predicted molar refractivity (Wildman–Crippen MR) is 124 cm³/mol. The average Bonchev–Trinajstić information content (AvgIpc) is 2.82. The summed E-state index contributed by atoms with van der Waals surface area (Å²) in [5.74, 6) is -0.538. The molecule has 1 fully saturated rings. The second kappa shape index (κ2) is 10.7. The molecule has 6 heteroatoms. The van der Waals surface area contributed by atoms with Crippen LogP contribution in [0.2, 0.25) is 0 Å². The van der Waals surface area contributed by atoms with Crippen LogP contribution in [0.1, 0.15) is 17.2 Å². The summed E-state index contributed by atoms with van der Waals surface area (Å²) >= 11 is 0. The van der Waals surface area contributed by atoms with Gasteiger partial charge in [0.05, 0.1) is 12.1 Å². The van der Waals surface area contributed by atoms with E-state index in [-0.39, 0.29) is 17.7 Å². The van der Waals surface area contributed by atoms with E-state index in [1.807, 2.05) is 30.3 Å². The zero-order chi connectivity index (χ0) is 22.3. The Labute approximate surface area is 188 Å². The molecule has 0 aliphatic carbocycles. The Bertz CT molecular complexity index is 913. The molecule has 0 saturated carbocycles. The summed E-state index contributed by atoms with van der Waals surface area (Å²) < 4.78 is 27.0. The fourth-order valence-corrected chi connectivity index (χ4v) is 4.26. The maximum absolute atomic E-state index is 13.5. The van der Waals surface area contributed by atoms with Gasteiger partial charge >= 0.3 is 0 Å². The van der Waals surface area contributed by atoms with Crippen molar-refractivity contribution in [1.29, 1.82) is 0 Å². The molecule has 1 unspecified atom stereocenters. The largest absolute Gasteiger partial charge is 0.390 e. The third kappa shape index (κ3) is 5.91. The van der Waals surface area contributed by atoms with E-state index in [1.54, 1.807) is 24.3 Å². The van der Waals surface area contributed by atoms with Crippen LogP contribution in [0, 0.1) is 11.6 Å². The lowest BCUT2D eigenvalue weighted by atomic mass is 9.96. The first kappa shape index (κ1) is 22.4. The molecule has 0 radical (unpaired) electrons. The molecule has 168 valence electrons. The summed E-state index contributed by atoms with van der Waals surface area (Å²) in [5.41, 5.74) is 2.97. The molecule has 4 rings (SSSR count). The van der Waals surface area contributed by atoms with Gasteiger partial charge in [-0.2, -0.15) is 0 Å². The average molecular weight is 438 g/mol. The number of hydrogen-bond donors (Lipinski definition) is 2. The SMILES string of the molecule is OC(CNc1ccccc1)CN1CCN(C(c2ccc(F)cc2)c2ccc(F)cc2)CC1. The molecule has 4 nitrogen and oxygen atoms in total. The molecular weight excluding hydrogens is 408 g/mol. The zero-order valence-electron chi connectivity index (χ0n) is 18.0. The van der Waals surface area contributed by atoms with Crippen LogP contribution in [-0.2, 0) is 0 Å². The normalized spacial score (nSPS) is 16.2. The van der Waals surface area contributed by atoms with Crippen molar-refractivity contribution in [2.45, 2.75) is 12.1 Å². The van der Waals surface area contributed by atoms with Gasteiger partial charge in [0.1, 0.15) is 11.6 Å². The number of nitrogens with zero attached hydrogens (tertiary/aromatic N) is 2. The third-order valence-electron chi connectivity index (χ3n) is 5.93. The molecule has 32 heavy (non-hydrogen) atoms. The fraction of sp³-hybridized carbons (Fsp3) is 0.308. The van der Waals surface area contributed by atoms with Crippen LogP contribution in [0.5, 0.6) is 0 Å². The fourth-order valence-electron chi connectivity index (χ4n) is 4.26. The van der Waals surface area contributed by atoms with Crippen LogP contribution in [0.3, 0.4) is 0 Å². The lowest BCUT2D eigenvalue weighted by Crippen LogP contribution is -2.50. The Balaban J connectivity index is 1.36. The standard InChI is InChI=1S/C26H29F2N3O/c27-22-10-6-20(7-11-22)26(21-8-12-23(28)13-9-21)31-16-14-30(15-17-31)19-25(32)18-29-24-4-2-1-3-5-24/h1-13,25-26,29,32H,14-19H2. The molecule has 1 saturated heterocycles. The number of rotatable bonds is 8. The first-order valence-corrected chi connectivity index (χ1v) is 11.0. The van der Waals surface area contributed by atoms with Gasteiger partial charge in [0.15, 0.2) is 0 Å². The van der Waals surface area contributed by atoms with Gasteiger partial charge < -0.3 is 10.4 Å². The highest BCUT2D eigenvalue weighted by molar-refractivity contribution is 5.42. The summed E-state index contributed by atoms with van der Waals surface area (Å²) in [7, 11) is 0. The van der Waals surface area contributed by atoms with Crippen molar-refractivity contribution in [3.8, 4) is 0 Å². The van der Waals surface area contributed by atoms with E-state index in [1.165, 1.54) is 24.3 Å². The number of halogens is 2. The lowest BCUT2D eigenvalue weighted by Gasteiger charge is -2.40. The van der Waals surface area contributed by atoms with Crippen molar-refractivity contribution in [2.75, 3.05) is 44.6 Å². The number of aliphatic hydroxyl groups is 1. The van der Waals surface area contributed by atoms with Crippen molar-refractivity contribution in [1.82, 2.24) is 9.80 Å². The van der Waals surface area contributed by atoms with E-state index in [0.717, 1.165) is 43.0 Å². The quantitative estimate of drug-likeness (QED) is 0.556. The van der Waals surface area contributed by atoms with Gasteiger partial charge in [0.2, 0.25) is 0 Å². The van der Waals surface area contributed by atoms with Gasteiger partial charge in [0, 0.05) is 45.0 Å². The summed E-state index contributed by atoms with van der Waals surface area (Å²) in [6, 6.07) is 22.9. The number of nitrogens with one attached hydrogen (secondary N) is 1. The van der Waals surface area contributed by atoms with Crippen molar-refractivity contribution in [2.24, 2.45) is 0 Å². The van der Waals surface area contributed by atoms with Gasteiger partial charge in [-0.1, -0.05) is 42.5 Å². The first-order valence-electron chi connectivity index (χ1n) is 11.0. The Morgan fingerprint density at radius 3 is 1.81 bits per heavy atom. The van der Waals surface area contributed by atoms with Crippen LogP contribution in [0.15, 0.2) is 78.9 Å². The van der Waals surface area contributed by atoms with E-state index < -0.39 is 6.10 Å². The molecule has 3 aromatic carbocycles. The number of hydrogen-bond acceptors (Lipinski definition) is 4. The minimum atomic E-state index is -0.466. The number of para-hydroxylation sites is 1. The maximum Gasteiger partial charge on any atom is 0.123 e. The van der Waals surface area contributed by atoms with Crippen LogP contribution >= 0.6 is 0 Å². The molecule has 0 amide bonds. The van der Waals surface area contributed by atoms with E-state index >= 15 is 0 Å². The third-order valence-corrected chi connectivity index (χ3v) is 5.93. The van der Waals surface area contributed by atoms with Crippen LogP contribution in [0.25, 0.3) is 0 Å². The van der Waals surface area contributed by atoms with Gasteiger partial charge in [0.25, 0.3) is 0 Å². The Kier molecular flexibility index (Phi) is 7.47. The highest BCUT2D eigenvalue weighted by atomic mass is 19.1. The van der Waals surface area contributed by atoms with Crippen molar-refractivity contribution in [3.63, 3.8) is 0 Å². The Hall–Kier alpha value is -2.80. The van der Waals surface area contributed by atoms with E-state index in [9.17, 15) is 13.9 Å². The Morgan fingerprint density at radius 2 is 1.28 bits per heavy atom. The first-order chi connectivity index (χ1) is 15.6. The van der Waals surface area contributed by atoms with Crippen molar-refractivity contribution in [3.05, 3.63) is 102 Å². The number of anilines is 1. The number of aliphatic hydroxyl groups excluding tert-OH is 1. The second-order valence-electron chi connectivity index (χ2n) is 8.24. The highest BCUT2D eigenvalue weighted by Gasteiger charge is 2.27. The maximum atomic E-state index is 13.5. The minimum absolute atomic E-state index is 0.0666. The molecular formula is C26H29F2N3O. The molecule has 1 aliphatic rings. The summed E-state index contributed by atoms with van der Waals surface area (Å²) in [6.45, 7) is 4.35. The molecule has 0 spiro atoms. The molecule has 2 N–H and O–H groups in total. The van der Waals surface area contributed by atoms with E-state index in [0.29, 0.717) is 13.1 Å². The summed E-state index contributed by atoms with van der Waals surface area (Å²) in [5, 5.41) is 13.7. The van der Waals surface area contributed by atoms with Crippen LogP contribution in [0.4, 0.5) is 14.5 Å². The minimum Gasteiger partial charge on any atom is -0.390 e. The van der Waals surface area contributed by atoms with Gasteiger partial charge in [-0.3, -0.25) is 9.80 Å².